The van der Waals surface area contributed by atoms with Gasteiger partial charge in [0, 0.05) is 86.0 Å². The molecular weight excluding hydrogens is 659 g/mol. The van der Waals surface area contributed by atoms with Gasteiger partial charge in [0.05, 0.1) is 23.0 Å². The number of rotatable bonds is 5. The van der Waals surface area contributed by atoms with Gasteiger partial charge in [0.1, 0.15) is 0 Å². The summed E-state index contributed by atoms with van der Waals surface area (Å²) in [6.07, 6.45) is 0. The molecule has 11 rings (SSSR count). The molecule has 0 spiro atoms. The molecular formula is C46H35N3S2. The molecule has 2 unspecified atom stereocenters. The zero-order valence-electron chi connectivity index (χ0n) is 28.5. The van der Waals surface area contributed by atoms with Crippen LogP contribution in [0.15, 0.2) is 121 Å². The van der Waals surface area contributed by atoms with Gasteiger partial charge in [-0.15, -0.1) is 22.7 Å². The van der Waals surface area contributed by atoms with Crippen molar-refractivity contribution in [2.75, 3.05) is 0 Å². The molecule has 1 saturated carbocycles. The second kappa shape index (κ2) is 10.9. The van der Waals surface area contributed by atoms with E-state index in [0.717, 1.165) is 13.1 Å². The van der Waals surface area contributed by atoms with E-state index in [0.29, 0.717) is 23.7 Å². The fraction of sp³-hybridized carbons (Fsp3) is 0.196. The van der Waals surface area contributed by atoms with Gasteiger partial charge in [-0.25, -0.2) is 0 Å². The Morgan fingerprint density at radius 1 is 0.588 bits per heavy atom. The summed E-state index contributed by atoms with van der Waals surface area (Å²) in [6, 6.07) is 47.6. The summed E-state index contributed by atoms with van der Waals surface area (Å²) < 4.78 is 10.6. The second-order valence-electron chi connectivity index (χ2n) is 14.9. The molecule has 1 aliphatic carbocycles. The van der Waals surface area contributed by atoms with Crippen molar-refractivity contribution in [1.82, 2.24) is 9.13 Å². The molecule has 0 N–H and O–H groups in total. The van der Waals surface area contributed by atoms with Gasteiger partial charge < -0.3 is 9.13 Å². The molecule has 4 heterocycles. The van der Waals surface area contributed by atoms with Crippen LogP contribution in [0.25, 0.3) is 84.0 Å². The Morgan fingerprint density at radius 3 is 1.65 bits per heavy atom. The molecule has 5 atom stereocenters. The molecule has 0 amide bonds. The second-order valence-corrected chi connectivity index (χ2v) is 17.0. The molecule has 0 bridgehead atoms. The molecule has 0 saturated heterocycles. The predicted molar refractivity (Wildman–Crippen MR) is 219 cm³/mol. The molecule has 0 radical (unpaired) electrons. The maximum Gasteiger partial charge on any atom is 0.0661 e. The summed E-state index contributed by atoms with van der Waals surface area (Å²) in [5.74, 6) is 1.43. The van der Waals surface area contributed by atoms with E-state index >= 15 is 0 Å². The number of fused-ring (bicyclic) bond motifs is 14. The monoisotopic (exact) mass is 693 g/mol. The van der Waals surface area contributed by atoms with Gasteiger partial charge in [-0.2, -0.15) is 5.26 Å². The number of nitrogens with zero attached hydrogens (tertiary/aromatic N) is 3. The molecule has 51 heavy (non-hydrogen) atoms. The summed E-state index contributed by atoms with van der Waals surface area (Å²) in [7, 11) is 0. The molecule has 0 aliphatic heterocycles. The number of thiophene rings is 2. The highest BCUT2D eigenvalue weighted by molar-refractivity contribution is 7.27. The Bertz CT molecular complexity index is 3070. The average Bonchev–Trinajstić information content (AvgIpc) is 3.90. The zero-order chi connectivity index (χ0) is 34.0. The molecule has 5 heteroatoms. The normalized spacial score (nSPS) is 20.0. The Kier molecular flexibility index (Phi) is 6.33. The van der Waals surface area contributed by atoms with Crippen LogP contribution in [0.2, 0.25) is 0 Å². The van der Waals surface area contributed by atoms with E-state index in [1.165, 1.54) is 84.0 Å². The first-order valence-corrected chi connectivity index (χ1v) is 19.8. The van der Waals surface area contributed by atoms with Gasteiger partial charge in [-0.1, -0.05) is 98.8 Å². The molecule has 1 aliphatic rings. The van der Waals surface area contributed by atoms with Crippen molar-refractivity contribution >= 4 is 107 Å². The summed E-state index contributed by atoms with van der Waals surface area (Å²) in [5.41, 5.74) is 5.20. The lowest BCUT2D eigenvalue weighted by Crippen LogP contribution is -2.50. The van der Waals surface area contributed by atoms with Crippen LogP contribution in [0.3, 0.4) is 0 Å². The molecule has 246 valence electrons. The molecule has 3 nitrogen and oxygen atoms in total. The van der Waals surface area contributed by atoms with Crippen molar-refractivity contribution in [3.63, 3.8) is 0 Å². The summed E-state index contributed by atoms with van der Waals surface area (Å²) >= 11 is 3.83. The van der Waals surface area contributed by atoms with Crippen molar-refractivity contribution in [3.05, 3.63) is 121 Å². The van der Waals surface area contributed by atoms with Crippen molar-refractivity contribution in [3.8, 4) is 6.07 Å². The van der Waals surface area contributed by atoms with Crippen molar-refractivity contribution in [1.29, 1.82) is 5.26 Å². The lowest BCUT2D eigenvalue weighted by molar-refractivity contribution is -0.0255. The SMILES string of the molecule is CC(Cn1c2ccccc2c2c3sc4ccccc4c3ccc21)[C@H]1[C@H](C#N)C(C)[C@@H]1Cn1c2ccccc2c2c3sc4ccccc4c3ccc21. The summed E-state index contributed by atoms with van der Waals surface area (Å²) in [4.78, 5) is 0. The number of para-hydroxylation sites is 2. The van der Waals surface area contributed by atoms with Gasteiger partial charge in [0.2, 0.25) is 0 Å². The van der Waals surface area contributed by atoms with E-state index in [1.54, 1.807) is 0 Å². The first kappa shape index (κ1) is 29.6. The summed E-state index contributed by atoms with van der Waals surface area (Å²) in [5, 5.41) is 21.3. The lowest BCUT2D eigenvalue weighted by Gasteiger charge is -2.51. The minimum Gasteiger partial charge on any atom is -0.340 e. The Balaban J connectivity index is 1.02. The largest absolute Gasteiger partial charge is 0.340 e. The topological polar surface area (TPSA) is 33.6 Å². The minimum absolute atomic E-state index is 0.0507. The fourth-order valence-corrected chi connectivity index (χ4v) is 12.5. The van der Waals surface area contributed by atoms with Crippen molar-refractivity contribution < 1.29 is 0 Å². The third-order valence-corrected chi connectivity index (χ3v) is 14.8. The smallest absolute Gasteiger partial charge is 0.0661 e. The van der Waals surface area contributed by atoms with Gasteiger partial charge in [0.25, 0.3) is 0 Å². The highest BCUT2D eigenvalue weighted by Gasteiger charge is 2.50. The maximum atomic E-state index is 10.5. The molecule has 6 aromatic carbocycles. The van der Waals surface area contributed by atoms with Crippen LogP contribution in [0.5, 0.6) is 0 Å². The summed E-state index contributed by atoms with van der Waals surface area (Å²) in [6.45, 7) is 6.53. The van der Waals surface area contributed by atoms with E-state index in [-0.39, 0.29) is 5.92 Å². The van der Waals surface area contributed by atoms with Gasteiger partial charge in [-0.05, 0) is 60.1 Å². The number of benzene rings is 6. The minimum atomic E-state index is 0.0507. The number of hydrogen-bond donors (Lipinski definition) is 0. The van der Waals surface area contributed by atoms with Crippen LogP contribution >= 0.6 is 22.7 Å². The maximum absolute atomic E-state index is 10.5. The van der Waals surface area contributed by atoms with Gasteiger partial charge >= 0.3 is 0 Å². The Hall–Kier alpha value is -5.15. The van der Waals surface area contributed by atoms with E-state index in [1.807, 2.05) is 22.7 Å². The predicted octanol–water partition coefficient (Wildman–Crippen LogP) is 13.0. The van der Waals surface area contributed by atoms with Crippen LogP contribution in [0, 0.1) is 40.9 Å². The van der Waals surface area contributed by atoms with E-state index < -0.39 is 0 Å². The van der Waals surface area contributed by atoms with Crippen molar-refractivity contribution in [2.45, 2.75) is 26.9 Å². The van der Waals surface area contributed by atoms with Crippen LogP contribution in [0.4, 0.5) is 0 Å². The Labute approximate surface area is 303 Å². The first-order valence-electron chi connectivity index (χ1n) is 18.1. The van der Waals surface area contributed by atoms with Crippen LogP contribution in [0.1, 0.15) is 13.8 Å². The number of hydrogen-bond acceptors (Lipinski definition) is 3. The van der Waals surface area contributed by atoms with E-state index in [9.17, 15) is 5.26 Å². The number of aromatic nitrogens is 2. The average molecular weight is 694 g/mol. The lowest BCUT2D eigenvalue weighted by atomic mass is 9.54. The molecule has 4 aromatic heterocycles. The van der Waals surface area contributed by atoms with Crippen LogP contribution in [-0.2, 0) is 13.1 Å². The molecule has 10 aromatic rings. The fourth-order valence-electron chi connectivity index (χ4n) is 10.00. The van der Waals surface area contributed by atoms with E-state index in [2.05, 4.69) is 150 Å². The van der Waals surface area contributed by atoms with Crippen LogP contribution in [-0.4, -0.2) is 9.13 Å². The van der Waals surface area contributed by atoms with Crippen molar-refractivity contribution in [2.24, 2.45) is 29.6 Å². The van der Waals surface area contributed by atoms with E-state index in [4.69, 9.17) is 0 Å². The van der Waals surface area contributed by atoms with Gasteiger partial charge in [0.15, 0.2) is 0 Å². The highest BCUT2D eigenvalue weighted by atomic mass is 32.1. The zero-order valence-corrected chi connectivity index (χ0v) is 30.1. The standard InChI is InChI=1S/C46H35N3S2/c1-26(24-48-36-15-7-3-13-32(36)43-38(48)21-19-30-28-11-5-9-17-40(28)50-45(30)43)42-34(23-47)27(2)35(42)25-49-37-16-8-4-14-33(37)44-39(49)22-20-31-29-12-6-10-18-41(29)51-46(31)44/h3-22,26-27,34-35,42H,24-25H2,1-2H3/t26?,27?,34-,35+,42+/m1/s1. The van der Waals surface area contributed by atoms with Crippen LogP contribution < -0.4 is 0 Å². The number of nitriles is 1. The molecule has 1 fully saturated rings. The quantitative estimate of drug-likeness (QED) is 0.177. The highest BCUT2D eigenvalue weighted by Crippen LogP contribution is 2.53. The third kappa shape index (κ3) is 4.04. The van der Waals surface area contributed by atoms with Gasteiger partial charge in [-0.3, -0.25) is 0 Å². The Morgan fingerprint density at radius 2 is 1.08 bits per heavy atom. The first-order chi connectivity index (χ1) is 25.1. The third-order valence-electron chi connectivity index (χ3n) is 12.4.